The highest BCUT2D eigenvalue weighted by Crippen LogP contribution is 2.08. The maximum atomic E-state index is 9.08. The Hall–Kier alpha value is -0.130. The van der Waals surface area contributed by atoms with Crippen molar-refractivity contribution in [3.63, 3.8) is 0 Å². The van der Waals surface area contributed by atoms with Gasteiger partial charge in [-0.1, -0.05) is 33.1 Å². The van der Waals surface area contributed by atoms with E-state index in [1.807, 2.05) is 4.90 Å². The average Bonchev–Trinajstić information content (AvgIpc) is 2.77. The van der Waals surface area contributed by atoms with Crippen LogP contribution >= 0.6 is 0 Å². The van der Waals surface area contributed by atoms with E-state index in [0.29, 0.717) is 6.26 Å². The number of quaternary nitrogens is 1. The summed E-state index contributed by atoms with van der Waals surface area (Å²) in [5, 5.41) is 0. The van der Waals surface area contributed by atoms with Gasteiger partial charge in [0.15, 0.2) is 0 Å². The van der Waals surface area contributed by atoms with Gasteiger partial charge in [0.05, 0.1) is 29.2 Å². The van der Waals surface area contributed by atoms with Gasteiger partial charge in [-0.2, -0.15) is 0 Å². The van der Waals surface area contributed by atoms with Gasteiger partial charge in [-0.25, -0.2) is 8.42 Å². The second kappa shape index (κ2) is 11.5. The van der Waals surface area contributed by atoms with Gasteiger partial charge in [-0.3, -0.25) is 0 Å². The molecule has 5 heteroatoms. The zero-order chi connectivity index (χ0) is 15.4. The molecule has 20 heavy (non-hydrogen) atoms. The van der Waals surface area contributed by atoms with Gasteiger partial charge in [0.2, 0.25) is 0 Å². The second-order valence-corrected chi connectivity index (χ2v) is 7.31. The van der Waals surface area contributed by atoms with E-state index in [1.165, 1.54) is 70.9 Å². The summed E-state index contributed by atoms with van der Waals surface area (Å²) in [6.07, 6.45) is 13.6. The molecule has 0 spiro atoms. The Morgan fingerprint density at radius 2 is 1.70 bits per heavy atom. The maximum absolute atomic E-state index is 9.08. The van der Waals surface area contributed by atoms with Crippen LogP contribution < -0.4 is 4.90 Å². The molecule has 2 unspecified atom stereocenters. The van der Waals surface area contributed by atoms with Gasteiger partial charge < -0.3 is 9.45 Å². The third-order valence-electron chi connectivity index (χ3n) is 3.89. The lowest BCUT2D eigenvalue weighted by Gasteiger charge is -2.21. The lowest BCUT2D eigenvalue weighted by atomic mass is 10.1. The molecule has 0 saturated carbocycles. The Balaban J connectivity index is 0.000000621. The van der Waals surface area contributed by atoms with Crippen LogP contribution in [0.1, 0.15) is 71.6 Å². The molecule has 1 aliphatic rings. The molecule has 2 atom stereocenters. The number of rotatable bonds is 8. The van der Waals surface area contributed by atoms with E-state index < -0.39 is 10.1 Å². The van der Waals surface area contributed by atoms with Crippen LogP contribution in [0, 0.1) is 0 Å². The molecule has 0 aromatic heterocycles. The van der Waals surface area contributed by atoms with Gasteiger partial charge in [0.25, 0.3) is 0 Å². The highest BCUT2D eigenvalue weighted by molar-refractivity contribution is 7.84. The van der Waals surface area contributed by atoms with Crippen molar-refractivity contribution < 1.29 is 17.9 Å². The number of nitrogens with one attached hydrogen (secondary N) is 1. The highest BCUT2D eigenvalue weighted by Gasteiger charge is 2.26. The predicted molar refractivity (Wildman–Crippen MR) is 83.0 cm³/mol. The van der Waals surface area contributed by atoms with E-state index in [1.54, 1.807) is 0 Å². The minimum Gasteiger partial charge on any atom is -0.748 e. The van der Waals surface area contributed by atoms with Crippen molar-refractivity contribution in [1.82, 2.24) is 0 Å². The molecule has 0 aromatic carbocycles. The standard InChI is InChI=1S/C14H29N.CH4O3S/c1-3-5-7-8-12-15-13-9-11-14(15)10-6-4-2;1-5(2,3)4/h14H,3-13H2,1-2H3;1H3,(H,2,3,4). The van der Waals surface area contributed by atoms with Crippen molar-refractivity contribution in [1.29, 1.82) is 0 Å². The van der Waals surface area contributed by atoms with E-state index in [-0.39, 0.29) is 0 Å². The number of unbranched alkanes of at least 4 members (excludes halogenated alkanes) is 4. The first-order chi connectivity index (χ1) is 9.38. The van der Waals surface area contributed by atoms with Crippen LogP contribution in [-0.2, 0) is 10.1 Å². The lowest BCUT2D eigenvalue weighted by Crippen LogP contribution is -3.13. The summed E-state index contributed by atoms with van der Waals surface area (Å²) in [4.78, 5) is 1.93. The molecule has 1 saturated heterocycles. The molecule has 4 nitrogen and oxygen atoms in total. The molecule has 0 aliphatic carbocycles. The minimum absolute atomic E-state index is 0.604. The van der Waals surface area contributed by atoms with Gasteiger partial charge in [0.1, 0.15) is 0 Å². The molecule has 1 fully saturated rings. The van der Waals surface area contributed by atoms with Crippen LogP contribution in [0.25, 0.3) is 0 Å². The molecule has 1 rings (SSSR count). The lowest BCUT2D eigenvalue weighted by molar-refractivity contribution is -0.912. The first kappa shape index (κ1) is 19.9. The van der Waals surface area contributed by atoms with Crippen LogP contribution in [-0.4, -0.2) is 38.4 Å². The van der Waals surface area contributed by atoms with Gasteiger partial charge in [0, 0.05) is 19.1 Å². The minimum atomic E-state index is -3.92. The summed E-state index contributed by atoms with van der Waals surface area (Å²) in [7, 11) is -3.92. The molecule has 1 N–H and O–H groups in total. The zero-order valence-electron chi connectivity index (χ0n) is 13.5. The van der Waals surface area contributed by atoms with E-state index in [0.717, 1.165) is 6.04 Å². The molecule has 1 heterocycles. The predicted octanol–water partition coefficient (Wildman–Crippen LogP) is 1.97. The summed E-state index contributed by atoms with van der Waals surface area (Å²) in [6.45, 7) is 7.53. The highest BCUT2D eigenvalue weighted by atomic mass is 32.2. The van der Waals surface area contributed by atoms with E-state index in [9.17, 15) is 0 Å². The zero-order valence-corrected chi connectivity index (χ0v) is 14.3. The fourth-order valence-electron chi connectivity index (χ4n) is 2.89. The van der Waals surface area contributed by atoms with Crippen molar-refractivity contribution in [2.24, 2.45) is 0 Å². The van der Waals surface area contributed by atoms with Crippen LogP contribution in [0.4, 0.5) is 0 Å². The van der Waals surface area contributed by atoms with Crippen molar-refractivity contribution >= 4 is 10.1 Å². The quantitative estimate of drug-likeness (QED) is 0.551. The third kappa shape index (κ3) is 12.9. The monoisotopic (exact) mass is 307 g/mol. The maximum Gasteiger partial charge on any atom is 0.0916 e. The van der Waals surface area contributed by atoms with Crippen LogP contribution in [0.2, 0.25) is 0 Å². The summed E-state index contributed by atoms with van der Waals surface area (Å²) in [5.74, 6) is 0. The van der Waals surface area contributed by atoms with E-state index >= 15 is 0 Å². The Kier molecular flexibility index (Phi) is 11.4. The molecule has 0 bridgehead atoms. The Morgan fingerprint density at radius 1 is 1.10 bits per heavy atom. The number of hydrogen-bond donors (Lipinski definition) is 1. The first-order valence-corrected chi connectivity index (χ1v) is 9.95. The van der Waals surface area contributed by atoms with Gasteiger partial charge in [-0.15, -0.1) is 0 Å². The second-order valence-electron chi connectivity index (χ2n) is 5.90. The summed E-state index contributed by atoms with van der Waals surface area (Å²) in [5.41, 5.74) is 0. The smallest absolute Gasteiger partial charge is 0.0916 e. The molecule has 0 radical (unpaired) electrons. The normalized spacial score (nSPS) is 22.4. The Labute approximate surface area is 125 Å². The van der Waals surface area contributed by atoms with Crippen molar-refractivity contribution in [2.75, 3.05) is 19.3 Å². The molecule has 1 aliphatic heterocycles. The van der Waals surface area contributed by atoms with Crippen LogP contribution in [0.15, 0.2) is 0 Å². The first-order valence-electron chi connectivity index (χ1n) is 8.13. The molecular weight excluding hydrogens is 274 g/mol. The molecular formula is C15H33NO3S. The van der Waals surface area contributed by atoms with Crippen molar-refractivity contribution in [2.45, 2.75) is 77.7 Å². The third-order valence-corrected chi connectivity index (χ3v) is 3.89. The fraction of sp³-hybridized carbons (Fsp3) is 1.00. The molecule has 0 aromatic rings. The molecule has 0 amide bonds. The summed E-state index contributed by atoms with van der Waals surface area (Å²) < 4.78 is 27.2. The fourth-order valence-corrected chi connectivity index (χ4v) is 2.89. The Bertz CT molecular complexity index is 309. The topological polar surface area (TPSA) is 61.6 Å². The molecule has 122 valence electrons. The van der Waals surface area contributed by atoms with Crippen LogP contribution in [0.5, 0.6) is 0 Å². The number of hydrogen-bond acceptors (Lipinski definition) is 3. The van der Waals surface area contributed by atoms with Crippen molar-refractivity contribution in [3.8, 4) is 0 Å². The van der Waals surface area contributed by atoms with Crippen LogP contribution in [0.3, 0.4) is 0 Å². The number of likely N-dealkylation sites (tertiary alicyclic amines) is 1. The SMILES string of the molecule is CCCCCC[NH+]1CCCC1CCCC.CS(=O)(=O)[O-]. The van der Waals surface area contributed by atoms with Gasteiger partial charge >= 0.3 is 0 Å². The summed E-state index contributed by atoms with van der Waals surface area (Å²) >= 11 is 0. The van der Waals surface area contributed by atoms with E-state index in [4.69, 9.17) is 13.0 Å². The Morgan fingerprint density at radius 3 is 2.25 bits per heavy atom. The summed E-state index contributed by atoms with van der Waals surface area (Å²) in [6, 6.07) is 1.02. The largest absolute Gasteiger partial charge is 0.748 e. The average molecular weight is 308 g/mol. The van der Waals surface area contributed by atoms with Gasteiger partial charge in [-0.05, 0) is 25.7 Å². The van der Waals surface area contributed by atoms with E-state index in [2.05, 4.69) is 13.8 Å². The van der Waals surface area contributed by atoms with Crippen molar-refractivity contribution in [3.05, 3.63) is 0 Å².